The summed E-state index contributed by atoms with van der Waals surface area (Å²) in [5.41, 5.74) is 0.787. The van der Waals surface area contributed by atoms with E-state index in [9.17, 15) is 12.9 Å². The zero-order valence-corrected chi connectivity index (χ0v) is 8.12. The first-order valence-corrected chi connectivity index (χ1v) is 4.24. The molecule has 0 fully saturated rings. The summed E-state index contributed by atoms with van der Waals surface area (Å²) in [6.07, 6.45) is 2.44. The normalized spacial score (nSPS) is 12.4. The summed E-state index contributed by atoms with van der Waals surface area (Å²) in [4.78, 5) is 1.23. The molecule has 0 N–H and O–H groups in total. The first kappa shape index (κ1) is 11.1. The van der Waals surface area contributed by atoms with Crippen LogP contribution >= 0.6 is 0 Å². The molecule has 0 unspecified atom stereocenters. The predicted octanol–water partition coefficient (Wildman–Crippen LogP) is 1.24. The van der Waals surface area contributed by atoms with Crippen LogP contribution < -0.4 is 0 Å². The van der Waals surface area contributed by atoms with E-state index in [1.807, 2.05) is 0 Å². The minimum Gasteiger partial charge on any atom is -0.448 e. The zero-order chi connectivity index (χ0) is 10.8. The van der Waals surface area contributed by atoms with Crippen molar-refractivity contribution < 1.29 is 12.9 Å². The van der Waals surface area contributed by atoms with Crippen molar-refractivity contribution in [1.29, 1.82) is 0 Å². The van der Waals surface area contributed by atoms with Crippen LogP contribution in [0.1, 0.15) is 5.56 Å². The van der Waals surface area contributed by atoms with Gasteiger partial charge in [-0.1, -0.05) is 0 Å². The molecule has 1 heterocycles. The van der Waals surface area contributed by atoms with Gasteiger partial charge in [0.1, 0.15) is 0 Å². The third-order valence-corrected chi connectivity index (χ3v) is 1.73. The van der Waals surface area contributed by atoms with Crippen LogP contribution in [0.15, 0.2) is 12.4 Å². The topological polar surface area (TPSA) is 21.1 Å². The lowest BCUT2D eigenvalue weighted by Crippen LogP contribution is -2.34. The number of aryl methyl sites for hydroxylation is 1. The average molecular weight is 206 g/mol. The number of halogens is 3. The van der Waals surface area contributed by atoms with Gasteiger partial charge in [0.25, 0.3) is 0 Å². The molecule has 0 atom stereocenters. The molecular weight excluding hydrogens is 194 g/mol. The number of aromatic nitrogens is 2. The standard InChI is InChI=1S/C7H12BF3N3/c1-13(6-8(9,10)11)4-7-3-12-14(2)5-7/h3,5H,4,6H2,1-2H3/q-1. The van der Waals surface area contributed by atoms with Crippen molar-refractivity contribution in [2.24, 2.45) is 7.05 Å². The summed E-state index contributed by atoms with van der Waals surface area (Å²) in [5, 5.41) is 3.88. The van der Waals surface area contributed by atoms with Gasteiger partial charge < -0.3 is 17.8 Å². The molecule has 1 rings (SSSR count). The fourth-order valence-electron chi connectivity index (χ4n) is 1.28. The van der Waals surface area contributed by atoms with E-state index in [0.29, 0.717) is 0 Å². The highest BCUT2D eigenvalue weighted by Crippen LogP contribution is 2.11. The summed E-state index contributed by atoms with van der Waals surface area (Å²) in [6.45, 7) is -4.47. The Bertz CT molecular complexity index is 297. The van der Waals surface area contributed by atoms with Crippen molar-refractivity contribution in [3.05, 3.63) is 18.0 Å². The Hall–Kier alpha value is -0.975. The van der Waals surface area contributed by atoms with Crippen LogP contribution in [0.2, 0.25) is 0 Å². The number of hydrogen-bond donors (Lipinski definition) is 0. The molecule has 0 aliphatic carbocycles. The largest absolute Gasteiger partial charge is 0.492 e. The monoisotopic (exact) mass is 206 g/mol. The second-order valence-electron chi connectivity index (χ2n) is 3.43. The first-order chi connectivity index (χ1) is 6.37. The highest BCUT2D eigenvalue weighted by molar-refractivity contribution is 6.58. The quantitative estimate of drug-likeness (QED) is 0.691. The Morgan fingerprint density at radius 1 is 1.50 bits per heavy atom. The van der Waals surface area contributed by atoms with Crippen molar-refractivity contribution in [2.75, 3.05) is 13.5 Å². The predicted molar refractivity (Wildman–Crippen MR) is 48.6 cm³/mol. The zero-order valence-electron chi connectivity index (χ0n) is 8.12. The summed E-state index contributed by atoms with van der Waals surface area (Å²) in [6, 6.07) is 0. The molecule has 1 aromatic heterocycles. The Kier molecular flexibility index (Phi) is 3.20. The Balaban J connectivity index is 2.45. The van der Waals surface area contributed by atoms with E-state index in [0.717, 1.165) is 5.56 Å². The molecule has 1 aromatic rings. The van der Waals surface area contributed by atoms with Crippen LogP contribution in [0.4, 0.5) is 12.9 Å². The molecule has 0 spiro atoms. The minimum atomic E-state index is -4.74. The van der Waals surface area contributed by atoms with Crippen molar-refractivity contribution in [3.63, 3.8) is 0 Å². The van der Waals surface area contributed by atoms with Crippen LogP contribution in [0.3, 0.4) is 0 Å². The smallest absolute Gasteiger partial charge is 0.448 e. The number of nitrogens with zero attached hydrogens (tertiary/aromatic N) is 3. The molecule has 7 heteroatoms. The molecular formula is C7H12BF3N3-. The molecule has 0 bridgehead atoms. The molecule has 80 valence electrons. The van der Waals surface area contributed by atoms with E-state index in [2.05, 4.69) is 5.10 Å². The first-order valence-electron chi connectivity index (χ1n) is 4.24. The number of rotatable bonds is 4. The lowest BCUT2D eigenvalue weighted by molar-refractivity contribution is 0.322. The highest BCUT2D eigenvalue weighted by atomic mass is 19.4. The molecule has 14 heavy (non-hydrogen) atoms. The van der Waals surface area contributed by atoms with Crippen LogP contribution in [-0.2, 0) is 13.6 Å². The van der Waals surface area contributed by atoms with E-state index in [1.165, 1.54) is 11.9 Å². The highest BCUT2D eigenvalue weighted by Gasteiger charge is 2.24. The summed E-state index contributed by atoms with van der Waals surface area (Å²) in [5.74, 6) is 0. The van der Waals surface area contributed by atoms with Gasteiger partial charge in [0.15, 0.2) is 0 Å². The molecule has 0 aliphatic rings. The van der Waals surface area contributed by atoms with Crippen molar-refractivity contribution in [1.82, 2.24) is 14.7 Å². The van der Waals surface area contributed by atoms with Gasteiger partial charge in [0.2, 0.25) is 0 Å². The molecule has 0 aromatic carbocycles. The van der Waals surface area contributed by atoms with E-state index in [1.54, 1.807) is 24.1 Å². The molecule has 0 saturated heterocycles. The molecule has 0 saturated carbocycles. The fourth-order valence-corrected chi connectivity index (χ4v) is 1.28. The van der Waals surface area contributed by atoms with Crippen LogP contribution in [0.25, 0.3) is 0 Å². The Morgan fingerprint density at radius 2 is 2.14 bits per heavy atom. The lowest BCUT2D eigenvalue weighted by Gasteiger charge is -2.22. The second-order valence-corrected chi connectivity index (χ2v) is 3.43. The average Bonchev–Trinajstić information content (AvgIpc) is 2.30. The van der Waals surface area contributed by atoms with Crippen LogP contribution in [0, 0.1) is 0 Å². The third kappa shape index (κ3) is 3.82. The van der Waals surface area contributed by atoms with E-state index in [4.69, 9.17) is 0 Å². The minimum absolute atomic E-state index is 0.273. The maximum absolute atomic E-state index is 12.0. The van der Waals surface area contributed by atoms with Gasteiger partial charge in [0.05, 0.1) is 6.20 Å². The summed E-state index contributed by atoms with van der Waals surface area (Å²) >= 11 is 0. The Labute approximate surface area is 80.6 Å². The van der Waals surface area contributed by atoms with Gasteiger partial charge in [0, 0.05) is 25.4 Å². The van der Waals surface area contributed by atoms with Gasteiger partial charge in [-0.3, -0.25) is 4.68 Å². The van der Waals surface area contributed by atoms with Crippen LogP contribution in [-0.4, -0.2) is 35.1 Å². The van der Waals surface area contributed by atoms with Crippen molar-refractivity contribution in [2.45, 2.75) is 6.54 Å². The molecule has 0 aliphatic heterocycles. The van der Waals surface area contributed by atoms with Crippen LogP contribution in [0.5, 0.6) is 0 Å². The Morgan fingerprint density at radius 3 is 2.57 bits per heavy atom. The van der Waals surface area contributed by atoms with Crippen molar-refractivity contribution >= 4 is 6.98 Å². The fraction of sp³-hybridized carbons (Fsp3) is 0.571. The van der Waals surface area contributed by atoms with E-state index < -0.39 is 13.4 Å². The van der Waals surface area contributed by atoms with Gasteiger partial charge in [-0.2, -0.15) is 5.10 Å². The van der Waals surface area contributed by atoms with Gasteiger partial charge in [-0.15, -0.1) is 0 Å². The number of hydrogen-bond acceptors (Lipinski definition) is 2. The van der Waals surface area contributed by atoms with Crippen molar-refractivity contribution in [3.8, 4) is 0 Å². The molecule has 3 nitrogen and oxygen atoms in total. The SMILES string of the molecule is CN(Cc1cnn(C)c1)C[B-](F)(F)F. The second kappa shape index (κ2) is 4.04. The molecule has 0 amide bonds. The summed E-state index contributed by atoms with van der Waals surface area (Å²) < 4.78 is 37.6. The van der Waals surface area contributed by atoms with E-state index >= 15 is 0 Å². The van der Waals surface area contributed by atoms with Gasteiger partial charge >= 0.3 is 6.98 Å². The lowest BCUT2D eigenvalue weighted by atomic mass is 9.91. The van der Waals surface area contributed by atoms with Gasteiger partial charge in [-0.25, -0.2) is 0 Å². The maximum Gasteiger partial charge on any atom is 0.492 e. The summed E-state index contributed by atoms with van der Waals surface area (Å²) in [7, 11) is 3.18. The van der Waals surface area contributed by atoms with E-state index in [-0.39, 0.29) is 6.54 Å². The maximum atomic E-state index is 12.0. The molecule has 0 radical (unpaired) electrons. The third-order valence-electron chi connectivity index (χ3n) is 1.73. The van der Waals surface area contributed by atoms with Gasteiger partial charge in [-0.05, 0) is 13.5 Å².